The Kier molecular flexibility index (Phi) is 9.84. The molecule has 0 unspecified atom stereocenters. The number of carbonyl (C=O) groups excluding carboxylic acids is 2. The zero-order valence-electron chi connectivity index (χ0n) is 26.2. The number of anilines is 1. The summed E-state index contributed by atoms with van der Waals surface area (Å²) in [4.78, 5) is 31.7. The molecule has 230 valence electrons. The van der Waals surface area contributed by atoms with E-state index in [4.69, 9.17) is 23.7 Å². The Morgan fingerprint density at radius 2 is 1.72 bits per heavy atom. The van der Waals surface area contributed by atoms with Crippen LogP contribution in [0.5, 0.6) is 17.2 Å². The van der Waals surface area contributed by atoms with E-state index in [2.05, 4.69) is 37.9 Å². The molecule has 0 saturated carbocycles. The molecular weight excluding hydrogens is 548 g/mol. The molecule has 0 bridgehead atoms. The number of amides is 1. The number of rotatable bonds is 9. The predicted octanol–water partition coefficient (Wildman–Crippen LogP) is 7.11. The number of carbonyl (C=O) groups is 2. The summed E-state index contributed by atoms with van der Waals surface area (Å²) in [6, 6.07) is 17.0. The van der Waals surface area contributed by atoms with Crippen LogP contribution in [0, 0.1) is 5.41 Å². The molecule has 0 saturated heterocycles. The molecule has 1 aliphatic rings. The van der Waals surface area contributed by atoms with Gasteiger partial charge in [0.25, 0.3) is 0 Å². The van der Waals surface area contributed by atoms with E-state index in [0.29, 0.717) is 61.2 Å². The van der Waals surface area contributed by atoms with Crippen molar-refractivity contribution in [3.8, 4) is 28.5 Å². The van der Waals surface area contributed by atoms with Crippen molar-refractivity contribution >= 4 is 17.7 Å². The van der Waals surface area contributed by atoms with Crippen molar-refractivity contribution in [1.29, 1.82) is 0 Å². The molecule has 9 nitrogen and oxygen atoms in total. The molecule has 2 heterocycles. The van der Waals surface area contributed by atoms with Crippen molar-refractivity contribution in [1.82, 2.24) is 4.98 Å². The number of nitrogens with zero attached hydrogens (tertiary/aromatic N) is 2. The first kappa shape index (κ1) is 31.7. The van der Waals surface area contributed by atoms with Gasteiger partial charge in [-0.05, 0) is 80.6 Å². The Labute approximate surface area is 254 Å². The summed E-state index contributed by atoms with van der Waals surface area (Å²) in [6.45, 7) is 13.6. The molecule has 0 fully saturated rings. The van der Waals surface area contributed by atoms with Crippen LogP contribution in [0.2, 0.25) is 0 Å². The first-order valence-electron chi connectivity index (χ1n) is 14.5. The number of hydrogen-bond donors (Lipinski definition) is 0. The normalized spacial score (nSPS) is 13.0. The van der Waals surface area contributed by atoms with Gasteiger partial charge in [0.2, 0.25) is 0 Å². The van der Waals surface area contributed by atoms with Gasteiger partial charge in [0.05, 0.1) is 38.2 Å². The Bertz CT molecular complexity index is 1440. The fourth-order valence-electron chi connectivity index (χ4n) is 4.64. The van der Waals surface area contributed by atoms with Gasteiger partial charge in [0, 0.05) is 12.0 Å². The second kappa shape index (κ2) is 13.4. The summed E-state index contributed by atoms with van der Waals surface area (Å²) in [6.07, 6.45) is 1.12. The number of esters is 1. The molecule has 43 heavy (non-hydrogen) atoms. The van der Waals surface area contributed by atoms with Crippen LogP contribution >= 0.6 is 0 Å². The highest BCUT2D eigenvalue weighted by molar-refractivity contribution is 5.93. The fourth-order valence-corrected chi connectivity index (χ4v) is 4.64. The maximum Gasteiger partial charge on any atom is 0.415 e. The largest absolute Gasteiger partial charge is 0.493 e. The third kappa shape index (κ3) is 8.86. The highest BCUT2D eigenvalue weighted by atomic mass is 16.6. The summed E-state index contributed by atoms with van der Waals surface area (Å²) < 4.78 is 28.2. The fraction of sp³-hybridized carbons (Fsp3) is 0.441. The number of ether oxygens (including phenoxy) is 5. The van der Waals surface area contributed by atoms with Crippen molar-refractivity contribution < 1.29 is 33.3 Å². The van der Waals surface area contributed by atoms with E-state index in [1.807, 2.05) is 39.0 Å². The van der Waals surface area contributed by atoms with Crippen molar-refractivity contribution in [2.24, 2.45) is 5.41 Å². The summed E-state index contributed by atoms with van der Waals surface area (Å²) in [5.74, 6) is 1.10. The lowest BCUT2D eigenvalue weighted by atomic mass is 9.88. The van der Waals surface area contributed by atoms with Gasteiger partial charge in [-0.15, -0.1) is 0 Å². The molecule has 2 aromatic carbocycles. The van der Waals surface area contributed by atoms with Gasteiger partial charge in [-0.3, -0.25) is 4.90 Å². The maximum absolute atomic E-state index is 12.9. The van der Waals surface area contributed by atoms with E-state index < -0.39 is 17.7 Å². The van der Waals surface area contributed by atoms with Crippen LogP contribution in [0.15, 0.2) is 54.6 Å². The number of aromatic nitrogens is 1. The third-order valence-corrected chi connectivity index (χ3v) is 6.42. The third-order valence-electron chi connectivity index (χ3n) is 6.42. The van der Waals surface area contributed by atoms with Gasteiger partial charge < -0.3 is 23.7 Å². The van der Waals surface area contributed by atoms with Gasteiger partial charge in [0.1, 0.15) is 23.7 Å². The lowest BCUT2D eigenvalue weighted by Crippen LogP contribution is -2.41. The first-order chi connectivity index (χ1) is 20.3. The second-order valence-electron chi connectivity index (χ2n) is 12.6. The summed E-state index contributed by atoms with van der Waals surface area (Å²) >= 11 is 0. The Balaban J connectivity index is 1.44. The van der Waals surface area contributed by atoms with Crippen LogP contribution in [0.1, 0.15) is 64.0 Å². The molecule has 0 radical (unpaired) electrons. The molecule has 0 aliphatic carbocycles. The minimum absolute atomic E-state index is 0.0637. The van der Waals surface area contributed by atoms with Gasteiger partial charge in [0.15, 0.2) is 11.4 Å². The maximum atomic E-state index is 12.9. The van der Waals surface area contributed by atoms with Crippen LogP contribution < -0.4 is 19.1 Å². The summed E-state index contributed by atoms with van der Waals surface area (Å²) in [5, 5.41) is 0. The molecule has 0 N–H and O–H groups in total. The zero-order valence-corrected chi connectivity index (χ0v) is 26.2. The van der Waals surface area contributed by atoms with E-state index in [1.165, 1.54) is 12.7 Å². The average molecular weight is 591 g/mol. The molecule has 9 heteroatoms. The second-order valence-corrected chi connectivity index (χ2v) is 12.6. The van der Waals surface area contributed by atoms with E-state index in [0.717, 1.165) is 12.2 Å². The molecule has 3 aromatic rings. The van der Waals surface area contributed by atoms with Crippen LogP contribution in [0.3, 0.4) is 0 Å². The molecule has 1 aliphatic heterocycles. The molecule has 1 aromatic heterocycles. The van der Waals surface area contributed by atoms with Gasteiger partial charge in [-0.25, -0.2) is 14.6 Å². The number of hydrogen-bond acceptors (Lipinski definition) is 8. The van der Waals surface area contributed by atoms with Crippen molar-refractivity contribution in [3.63, 3.8) is 0 Å². The van der Waals surface area contributed by atoms with Gasteiger partial charge >= 0.3 is 12.1 Å². The Morgan fingerprint density at radius 3 is 2.44 bits per heavy atom. The van der Waals surface area contributed by atoms with Crippen molar-refractivity contribution in [2.45, 2.75) is 60.0 Å². The SMILES string of the molecule is COC(=O)c1nc(-c2ccc3c(c2)N(C(=O)OC(C)(C)C)CCO3)ccc1OCCCOc1cccc(CC(C)(C)C)c1. The van der Waals surface area contributed by atoms with Crippen LogP contribution in [-0.2, 0) is 15.9 Å². The average Bonchev–Trinajstić information content (AvgIpc) is 2.94. The van der Waals surface area contributed by atoms with Crippen molar-refractivity contribution in [2.75, 3.05) is 38.4 Å². The van der Waals surface area contributed by atoms with E-state index in [1.54, 1.807) is 29.2 Å². The van der Waals surface area contributed by atoms with E-state index in [9.17, 15) is 9.59 Å². The minimum Gasteiger partial charge on any atom is -0.493 e. The monoisotopic (exact) mass is 590 g/mol. The lowest BCUT2D eigenvalue weighted by Gasteiger charge is -2.31. The van der Waals surface area contributed by atoms with E-state index in [-0.39, 0.29) is 11.1 Å². The summed E-state index contributed by atoms with van der Waals surface area (Å²) in [5.41, 5.74) is 2.64. The summed E-state index contributed by atoms with van der Waals surface area (Å²) in [7, 11) is 1.30. The minimum atomic E-state index is -0.636. The van der Waals surface area contributed by atoms with Gasteiger partial charge in [-0.1, -0.05) is 32.9 Å². The molecular formula is C34H42N2O7. The van der Waals surface area contributed by atoms with Crippen molar-refractivity contribution in [3.05, 3.63) is 65.9 Å². The number of methoxy groups -OCH3 is 1. The Morgan fingerprint density at radius 1 is 0.953 bits per heavy atom. The molecule has 0 atom stereocenters. The Hall–Kier alpha value is -4.27. The molecule has 4 rings (SSSR count). The number of benzene rings is 2. The van der Waals surface area contributed by atoms with Crippen LogP contribution in [0.25, 0.3) is 11.3 Å². The zero-order chi connectivity index (χ0) is 31.2. The van der Waals surface area contributed by atoms with Crippen LogP contribution in [0.4, 0.5) is 10.5 Å². The first-order valence-corrected chi connectivity index (χ1v) is 14.5. The van der Waals surface area contributed by atoms with E-state index >= 15 is 0 Å². The highest BCUT2D eigenvalue weighted by Gasteiger charge is 2.29. The molecule has 1 amide bonds. The quantitative estimate of drug-likeness (QED) is 0.192. The smallest absolute Gasteiger partial charge is 0.415 e. The topological polar surface area (TPSA) is 96.4 Å². The van der Waals surface area contributed by atoms with Gasteiger partial charge in [-0.2, -0.15) is 0 Å². The molecule has 0 spiro atoms. The van der Waals surface area contributed by atoms with Crippen LogP contribution in [-0.4, -0.2) is 56.1 Å². The number of fused-ring (bicyclic) bond motifs is 1. The number of pyridine rings is 1. The standard InChI is InChI=1S/C34H42N2O7/c1-33(2,3)22-23-10-8-11-25(20-23)40-17-9-18-41-29-15-13-26(35-30(29)31(37)39-7)24-12-14-28-27(21-24)36(16-19-42-28)32(38)43-34(4,5)6/h8,10-15,20-21H,9,16-19,22H2,1-7H3. The highest BCUT2D eigenvalue weighted by Crippen LogP contribution is 2.37. The lowest BCUT2D eigenvalue weighted by molar-refractivity contribution is 0.0564. The predicted molar refractivity (Wildman–Crippen MR) is 165 cm³/mol.